The van der Waals surface area contributed by atoms with Crippen LogP contribution >= 0.6 is 0 Å². The van der Waals surface area contributed by atoms with E-state index < -0.39 is 5.60 Å². The lowest BCUT2D eigenvalue weighted by molar-refractivity contribution is -0.202. The summed E-state index contributed by atoms with van der Waals surface area (Å²) in [5.41, 5.74) is -0.567. The van der Waals surface area contributed by atoms with Crippen LogP contribution in [0.2, 0.25) is 0 Å². The van der Waals surface area contributed by atoms with Crippen LogP contribution in [0.5, 0.6) is 0 Å². The Balaban J connectivity index is 1.93. The number of aliphatic hydroxyl groups is 1. The molecule has 1 heterocycles. The molecule has 1 saturated heterocycles. The molecule has 1 aliphatic carbocycles. The normalized spacial score (nSPS) is 29.2. The minimum absolute atomic E-state index is 0.368. The average Bonchev–Trinajstić information content (AvgIpc) is 2.61. The van der Waals surface area contributed by atoms with E-state index >= 15 is 0 Å². The van der Waals surface area contributed by atoms with E-state index in [-0.39, 0.29) is 5.79 Å². The van der Waals surface area contributed by atoms with Gasteiger partial charge in [0.05, 0.1) is 18.8 Å². The van der Waals surface area contributed by atoms with Gasteiger partial charge in [0.1, 0.15) is 0 Å². The summed E-state index contributed by atoms with van der Waals surface area (Å²) in [5.74, 6) is -0.368. The maximum Gasteiger partial charge on any atom is 0.168 e. The van der Waals surface area contributed by atoms with Crippen LogP contribution in [0, 0.1) is 0 Å². The van der Waals surface area contributed by atoms with Crippen LogP contribution in [-0.2, 0) is 9.47 Å². The minimum Gasteiger partial charge on any atom is -0.390 e. The molecule has 0 radical (unpaired) electrons. The number of hydrogen-bond acceptors (Lipinski definition) is 3. The van der Waals surface area contributed by atoms with Crippen molar-refractivity contribution in [2.45, 2.75) is 43.5 Å². The van der Waals surface area contributed by atoms with E-state index in [1.807, 2.05) is 0 Å². The van der Waals surface area contributed by atoms with E-state index in [1.54, 1.807) is 6.08 Å². The molecule has 1 N–H and O–H groups in total. The van der Waals surface area contributed by atoms with Crippen LogP contribution in [0.25, 0.3) is 0 Å². The number of hydrogen-bond donors (Lipinski definition) is 1. The molecule has 0 unspecified atom stereocenters. The molecule has 1 aliphatic heterocycles. The molecule has 0 atom stereocenters. The molecule has 0 aromatic heterocycles. The third-order valence-electron chi connectivity index (χ3n) is 3.28. The van der Waals surface area contributed by atoms with Crippen molar-refractivity contribution in [3.8, 4) is 0 Å². The second-order valence-electron chi connectivity index (χ2n) is 4.32. The first-order valence-electron chi connectivity index (χ1n) is 5.29. The average molecular weight is 198 g/mol. The first kappa shape index (κ1) is 10.1. The predicted octanol–water partition coefficient (Wildman–Crippen LogP) is 1.61. The fourth-order valence-electron chi connectivity index (χ4n) is 2.35. The summed E-state index contributed by atoms with van der Waals surface area (Å²) in [6, 6.07) is 0. The van der Waals surface area contributed by atoms with Gasteiger partial charge in [0.15, 0.2) is 5.79 Å². The van der Waals surface area contributed by atoms with Gasteiger partial charge in [-0.25, -0.2) is 0 Å². The van der Waals surface area contributed by atoms with Gasteiger partial charge in [-0.2, -0.15) is 0 Å². The summed E-state index contributed by atoms with van der Waals surface area (Å²) in [6.45, 7) is 5.06. The van der Waals surface area contributed by atoms with Crippen molar-refractivity contribution in [3.05, 3.63) is 12.7 Å². The van der Waals surface area contributed by atoms with Crippen LogP contribution in [0.3, 0.4) is 0 Å². The van der Waals surface area contributed by atoms with Gasteiger partial charge in [-0.05, 0) is 19.3 Å². The first-order chi connectivity index (χ1) is 6.68. The molecule has 80 valence electrons. The monoisotopic (exact) mass is 198 g/mol. The topological polar surface area (TPSA) is 38.7 Å². The van der Waals surface area contributed by atoms with Gasteiger partial charge in [0, 0.05) is 12.8 Å². The zero-order valence-electron chi connectivity index (χ0n) is 8.50. The Bertz CT molecular complexity index is 209. The smallest absolute Gasteiger partial charge is 0.168 e. The Kier molecular flexibility index (Phi) is 2.64. The molecule has 0 bridgehead atoms. The van der Waals surface area contributed by atoms with Crippen molar-refractivity contribution in [2.75, 3.05) is 13.2 Å². The minimum atomic E-state index is -0.567. The highest BCUT2D eigenvalue weighted by molar-refractivity contribution is 4.94. The molecule has 14 heavy (non-hydrogen) atoms. The molecule has 0 aromatic carbocycles. The largest absolute Gasteiger partial charge is 0.390 e. The molecule has 2 aliphatic rings. The van der Waals surface area contributed by atoms with E-state index in [9.17, 15) is 5.11 Å². The van der Waals surface area contributed by atoms with E-state index in [0.717, 1.165) is 25.7 Å². The Morgan fingerprint density at radius 3 is 2.21 bits per heavy atom. The van der Waals surface area contributed by atoms with E-state index in [1.165, 1.54) is 0 Å². The SMILES string of the molecule is C=CCC1(O)CCC2(CC1)OCCO2. The van der Waals surface area contributed by atoms with Crippen molar-refractivity contribution in [1.29, 1.82) is 0 Å². The molecule has 3 heteroatoms. The third kappa shape index (κ3) is 1.85. The second-order valence-corrected chi connectivity index (χ2v) is 4.32. The van der Waals surface area contributed by atoms with Gasteiger partial charge < -0.3 is 14.6 Å². The van der Waals surface area contributed by atoms with Crippen molar-refractivity contribution in [3.63, 3.8) is 0 Å². The van der Waals surface area contributed by atoms with E-state index in [0.29, 0.717) is 19.6 Å². The zero-order chi connectivity index (χ0) is 10.1. The van der Waals surface area contributed by atoms with Gasteiger partial charge >= 0.3 is 0 Å². The first-order valence-corrected chi connectivity index (χ1v) is 5.29. The molecular weight excluding hydrogens is 180 g/mol. The summed E-state index contributed by atoms with van der Waals surface area (Å²) >= 11 is 0. The number of rotatable bonds is 2. The van der Waals surface area contributed by atoms with E-state index in [4.69, 9.17) is 9.47 Å². The fourth-order valence-corrected chi connectivity index (χ4v) is 2.35. The Morgan fingerprint density at radius 2 is 1.71 bits per heavy atom. The van der Waals surface area contributed by atoms with Crippen LogP contribution < -0.4 is 0 Å². The van der Waals surface area contributed by atoms with Crippen LogP contribution in [0.1, 0.15) is 32.1 Å². The van der Waals surface area contributed by atoms with Gasteiger partial charge in [0.2, 0.25) is 0 Å². The van der Waals surface area contributed by atoms with E-state index in [2.05, 4.69) is 6.58 Å². The van der Waals surface area contributed by atoms with Crippen LogP contribution in [-0.4, -0.2) is 29.7 Å². The van der Waals surface area contributed by atoms with Crippen molar-refractivity contribution in [2.24, 2.45) is 0 Å². The molecule has 0 aromatic rings. The third-order valence-corrected chi connectivity index (χ3v) is 3.28. The lowest BCUT2D eigenvalue weighted by Gasteiger charge is -2.40. The summed E-state index contributed by atoms with van der Waals surface area (Å²) < 4.78 is 11.2. The molecule has 1 spiro atoms. The van der Waals surface area contributed by atoms with Gasteiger partial charge in [-0.1, -0.05) is 6.08 Å². The second kappa shape index (κ2) is 3.65. The van der Waals surface area contributed by atoms with Crippen molar-refractivity contribution < 1.29 is 14.6 Å². The maximum atomic E-state index is 10.1. The lowest BCUT2D eigenvalue weighted by Crippen LogP contribution is -2.43. The summed E-state index contributed by atoms with van der Waals surface area (Å²) in [6.07, 6.45) is 5.56. The lowest BCUT2D eigenvalue weighted by atomic mass is 9.79. The molecule has 2 fully saturated rings. The molecule has 2 rings (SSSR count). The molecule has 1 saturated carbocycles. The molecular formula is C11H18O3. The highest BCUT2D eigenvalue weighted by Crippen LogP contribution is 2.41. The standard InChI is InChI=1S/C11H18O3/c1-2-3-10(12)4-6-11(7-5-10)13-8-9-14-11/h2,12H,1,3-9H2. The van der Waals surface area contributed by atoms with Gasteiger partial charge in [-0.15, -0.1) is 6.58 Å². The zero-order valence-corrected chi connectivity index (χ0v) is 8.50. The Hall–Kier alpha value is -0.380. The Labute approximate surface area is 84.7 Å². The summed E-state index contributed by atoms with van der Waals surface area (Å²) in [5, 5.41) is 10.1. The van der Waals surface area contributed by atoms with Gasteiger partial charge in [0.25, 0.3) is 0 Å². The summed E-state index contributed by atoms with van der Waals surface area (Å²) in [7, 11) is 0. The predicted molar refractivity (Wildman–Crippen MR) is 52.9 cm³/mol. The number of ether oxygens (including phenoxy) is 2. The van der Waals surface area contributed by atoms with Crippen LogP contribution in [0.4, 0.5) is 0 Å². The van der Waals surface area contributed by atoms with Crippen molar-refractivity contribution >= 4 is 0 Å². The highest BCUT2D eigenvalue weighted by atomic mass is 16.7. The van der Waals surface area contributed by atoms with Gasteiger partial charge in [-0.3, -0.25) is 0 Å². The summed E-state index contributed by atoms with van der Waals surface area (Å²) in [4.78, 5) is 0. The molecule has 0 amide bonds. The van der Waals surface area contributed by atoms with Crippen molar-refractivity contribution in [1.82, 2.24) is 0 Å². The molecule has 3 nitrogen and oxygen atoms in total. The quantitative estimate of drug-likeness (QED) is 0.685. The van der Waals surface area contributed by atoms with Crippen LogP contribution in [0.15, 0.2) is 12.7 Å². The highest BCUT2D eigenvalue weighted by Gasteiger charge is 2.44. The maximum absolute atomic E-state index is 10.1. The fraction of sp³-hybridized carbons (Fsp3) is 0.818. The Morgan fingerprint density at radius 1 is 1.14 bits per heavy atom.